The first kappa shape index (κ1) is 16.9. The van der Waals surface area contributed by atoms with Crippen molar-refractivity contribution in [3.05, 3.63) is 30.1 Å². The third-order valence-corrected chi connectivity index (χ3v) is 5.61. The molecule has 1 unspecified atom stereocenters. The van der Waals surface area contributed by atoms with Gasteiger partial charge in [-0.25, -0.2) is 8.42 Å². The Kier molecular flexibility index (Phi) is 5.90. The van der Waals surface area contributed by atoms with Crippen LogP contribution in [0.15, 0.2) is 24.4 Å². The molecule has 22 heavy (non-hydrogen) atoms. The molecule has 0 spiro atoms. The number of carbonyl (C=O) groups is 1. The molecule has 7 heteroatoms. The summed E-state index contributed by atoms with van der Waals surface area (Å²) in [5.41, 5.74) is 0.934. The molecular formula is C15H23N3O3S. The number of aromatic nitrogens is 1. The molecule has 1 aromatic rings. The molecule has 1 aromatic heterocycles. The SMILES string of the molecule is CCN(C(=O)CCNCc1ccccn1)C1CCS(=O)(=O)C1. The van der Waals surface area contributed by atoms with Gasteiger partial charge in [0.2, 0.25) is 5.91 Å². The Morgan fingerprint density at radius 2 is 2.27 bits per heavy atom. The van der Waals surface area contributed by atoms with Crippen LogP contribution in [0.2, 0.25) is 0 Å². The summed E-state index contributed by atoms with van der Waals surface area (Å²) in [6, 6.07) is 5.56. The molecule has 0 bridgehead atoms. The van der Waals surface area contributed by atoms with E-state index in [-0.39, 0.29) is 23.5 Å². The molecule has 2 heterocycles. The van der Waals surface area contributed by atoms with Crippen LogP contribution in [0.4, 0.5) is 0 Å². The Hall–Kier alpha value is -1.47. The van der Waals surface area contributed by atoms with Crippen LogP contribution in [0.5, 0.6) is 0 Å². The van der Waals surface area contributed by atoms with E-state index in [1.807, 2.05) is 25.1 Å². The zero-order valence-electron chi connectivity index (χ0n) is 12.9. The highest BCUT2D eigenvalue weighted by atomic mass is 32.2. The molecule has 1 saturated heterocycles. The Morgan fingerprint density at radius 3 is 2.86 bits per heavy atom. The molecule has 1 aliphatic rings. The summed E-state index contributed by atoms with van der Waals surface area (Å²) in [7, 11) is -2.96. The minimum atomic E-state index is -2.96. The molecule has 0 aliphatic carbocycles. The van der Waals surface area contributed by atoms with E-state index < -0.39 is 9.84 Å². The molecule has 0 aromatic carbocycles. The number of sulfone groups is 1. The lowest BCUT2D eigenvalue weighted by molar-refractivity contribution is -0.132. The number of hydrogen-bond acceptors (Lipinski definition) is 5. The van der Waals surface area contributed by atoms with Gasteiger partial charge in [0.25, 0.3) is 0 Å². The fourth-order valence-corrected chi connectivity index (χ4v) is 4.45. The van der Waals surface area contributed by atoms with Gasteiger partial charge in [-0.1, -0.05) is 6.07 Å². The largest absolute Gasteiger partial charge is 0.339 e. The van der Waals surface area contributed by atoms with Crippen LogP contribution in [0.1, 0.15) is 25.5 Å². The fraction of sp³-hybridized carbons (Fsp3) is 0.600. The minimum Gasteiger partial charge on any atom is -0.339 e. The summed E-state index contributed by atoms with van der Waals surface area (Å²) in [6.45, 7) is 3.63. The van der Waals surface area contributed by atoms with Gasteiger partial charge >= 0.3 is 0 Å². The van der Waals surface area contributed by atoms with Gasteiger partial charge < -0.3 is 10.2 Å². The third kappa shape index (κ3) is 4.78. The van der Waals surface area contributed by atoms with Crippen molar-refractivity contribution in [3.8, 4) is 0 Å². The maximum atomic E-state index is 12.3. The van der Waals surface area contributed by atoms with E-state index in [9.17, 15) is 13.2 Å². The predicted octanol–water partition coefficient (Wildman–Crippen LogP) is 0.597. The van der Waals surface area contributed by atoms with Crippen LogP contribution in [0, 0.1) is 0 Å². The highest BCUT2D eigenvalue weighted by molar-refractivity contribution is 7.91. The highest BCUT2D eigenvalue weighted by Crippen LogP contribution is 2.18. The van der Waals surface area contributed by atoms with E-state index in [1.54, 1.807) is 11.1 Å². The molecule has 1 amide bonds. The summed E-state index contributed by atoms with van der Waals surface area (Å²) < 4.78 is 23.1. The van der Waals surface area contributed by atoms with Gasteiger partial charge in [0, 0.05) is 38.3 Å². The van der Waals surface area contributed by atoms with Crippen LogP contribution in [-0.2, 0) is 21.2 Å². The van der Waals surface area contributed by atoms with Crippen LogP contribution < -0.4 is 5.32 Å². The van der Waals surface area contributed by atoms with E-state index in [2.05, 4.69) is 10.3 Å². The average Bonchev–Trinajstić information content (AvgIpc) is 2.85. The Balaban J connectivity index is 1.75. The number of amides is 1. The number of nitrogens with one attached hydrogen (secondary N) is 1. The highest BCUT2D eigenvalue weighted by Gasteiger charge is 2.33. The Bertz CT molecular complexity index is 589. The fourth-order valence-electron chi connectivity index (χ4n) is 2.72. The van der Waals surface area contributed by atoms with Crippen molar-refractivity contribution in [3.63, 3.8) is 0 Å². The van der Waals surface area contributed by atoms with E-state index in [0.717, 1.165) is 5.69 Å². The summed E-state index contributed by atoms with van der Waals surface area (Å²) in [5.74, 6) is 0.311. The van der Waals surface area contributed by atoms with Crippen LogP contribution >= 0.6 is 0 Å². The van der Waals surface area contributed by atoms with Crippen LogP contribution in [-0.4, -0.2) is 54.8 Å². The van der Waals surface area contributed by atoms with Gasteiger partial charge in [-0.3, -0.25) is 9.78 Å². The van der Waals surface area contributed by atoms with E-state index in [0.29, 0.717) is 32.5 Å². The first-order valence-electron chi connectivity index (χ1n) is 7.62. The van der Waals surface area contributed by atoms with Crippen molar-refractivity contribution >= 4 is 15.7 Å². The zero-order valence-corrected chi connectivity index (χ0v) is 13.7. The number of pyridine rings is 1. The monoisotopic (exact) mass is 325 g/mol. The molecular weight excluding hydrogens is 302 g/mol. The van der Waals surface area contributed by atoms with E-state index in [1.165, 1.54) is 0 Å². The molecule has 6 nitrogen and oxygen atoms in total. The number of nitrogens with zero attached hydrogens (tertiary/aromatic N) is 2. The second kappa shape index (κ2) is 7.69. The van der Waals surface area contributed by atoms with Crippen molar-refractivity contribution in [2.75, 3.05) is 24.6 Å². The molecule has 1 aliphatic heterocycles. The predicted molar refractivity (Wildman–Crippen MR) is 85.0 cm³/mol. The standard InChI is InChI=1S/C15H23N3O3S/c1-2-18(14-7-10-22(20,21)12-14)15(19)6-9-16-11-13-5-3-4-8-17-13/h3-5,8,14,16H,2,6-7,9-12H2,1H3. The first-order valence-corrected chi connectivity index (χ1v) is 9.44. The Labute approximate surface area is 131 Å². The lowest BCUT2D eigenvalue weighted by atomic mass is 10.2. The van der Waals surface area contributed by atoms with Crippen molar-refractivity contribution in [1.29, 1.82) is 0 Å². The summed E-state index contributed by atoms with van der Waals surface area (Å²) in [5, 5.41) is 3.19. The molecule has 0 saturated carbocycles. The van der Waals surface area contributed by atoms with Crippen molar-refractivity contribution < 1.29 is 13.2 Å². The number of carbonyl (C=O) groups excluding carboxylic acids is 1. The average molecular weight is 325 g/mol. The molecule has 1 atom stereocenters. The topological polar surface area (TPSA) is 79.4 Å². The van der Waals surface area contributed by atoms with Gasteiger partial charge in [0.1, 0.15) is 0 Å². The maximum absolute atomic E-state index is 12.3. The first-order chi connectivity index (χ1) is 10.5. The third-order valence-electron chi connectivity index (χ3n) is 3.86. The quantitative estimate of drug-likeness (QED) is 0.743. The number of hydrogen-bond donors (Lipinski definition) is 1. The lowest BCUT2D eigenvalue weighted by Gasteiger charge is -2.27. The molecule has 1 N–H and O–H groups in total. The van der Waals surface area contributed by atoms with Gasteiger partial charge in [-0.2, -0.15) is 0 Å². The van der Waals surface area contributed by atoms with Crippen molar-refractivity contribution in [2.45, 2.75) is 32.4 Å². The lowest BCUT2D eigenvalue weighted by Crippen LogP contribution is -2.41. The second-order valence-electron chi connectivity index (χ2n) is 5.48. The van der Waals surface area contributed by atoms with Crippen LogP contribution in [0.25, 0.3) is 0 Å². The molecule has 2 rings (SSSR count). The smallest absolute Gasteiger partial charge is 0.224 e. The van der Waals surface area contributed by atoms with Crippen molar-refractivity contribution in [1.82, 2.24) is 15.2 Å². The van der Waals surface area contributed by atoms with Gasteiger partial charge in [0.15, 0.2) is 9.84 Å². The summed E-state index contributed by atoms with van der Waals surface area (Å²) in [4.78, 5) is 18.2. The van der Waals surface area contributed by atoms with E-state index >= 15 is 0 Å². The minimum absolute atomic E-state index is 0.0121. The maximum Gasteiger partial charge on any atom is 0.224 e. The zero-order chi connectivity index (χ0) is 16.0. The van der Waals surface area contributed by atoms with Crippen molar-refractivity contribution in [2.24, 2.45) is 0 Å². The number of rotatable bonds is 7. The summed E-state index contributed by atoms with van der Waals surface area (Å²) in [6.07, 6.45) is 2.67. The van der Waals surface area contributed by atoms with Gasteiger partial charge in [-0.05, 0) is 25.5 Å². The van der Waals surface area contributed by atoms with Crippen LogP contribution in [0.3, 0.4) is 0 Å². The molecule has 0 radical (unpaired) electrons. The van der Waals surface area contributed by atoms with Gasteiger partial charge in [0.05, 0.1) is 17.2 Å². The Morgan fingerprint density at radius 1 is 1.45 bits per heavy atom. The normalized spacial score (nSPS) is 20.0. The molecule has 122 valence electrons. The van der Waals surface area contributed by atoms with E-state index in [4.69, 9.17) is 0 Å². The second-order valence-corrected chi connectivity index (χ2v) is 7.71. The molecule has 1 fully saturated rings. The summed E-state index contributed by atoms with van der Waals surface area (Å²) >= 11 is 0. The van der Waals surface area contributed by atoms with Gasteiger partial charge in [-0.15, -0.1) is 0 Å².